The van der Waals surface area contributed by atoms with E-state index in [4.69, 9.17) is 27.9 Å². The highest BCUT2D eigenvalue weighted by molar-refractivity contribution is 7.99. The minimum absolute atomic E-state index is 0.0502. The van der Waals surface area contributed by atoms with Crippen LogP contribution in [0.15, 0.2) is 41.6 Å². The zero-order valence-corrected chi connectivity index (χ0v) is 19.5. The molecule has 0 saturated heterocycles. The van der Waals surface area contributed by atoms with Gasteiger partial charge in [-0.1, -0.05) is 35.0 Å². The third-order valence-electron chi connectivity index (χ3n) is 4.40. The largest absolute Gasteiger partial charge is 0.482 e. The van der Waals surface area contributed by atoms with Crippen LogP contribution in [0.5, 0.6) is 5.75 Å². The SMILES string of the molecule is CCn1c(SCC(=O)Nc2ccc(F)c(Cl)c2)nnc1C(C)Oc1ccc(Cl)cc1C. The van der Waals surface area contributed by atoms with Gasteiger partial charge in [0.15, 0.2) is 17.1 Å². The molecule has 0 aliphatic carbocycles. The molecule has 31 heavy (non-hydrogen) atoms. The fraction of sp³-hybridized carbons (Fsp3) is 0.286. The molecule has 1 aromatic heterocycles. The number of hydrogen-bond donors (Lipinski definition) is 1. The first-order valence-electron chi connectivity index (χ1n) is 9.52. The summed E-state index contributed by atoms with van der Waals surface area (Å²) in [4.78, 5) is 12.3. The Morgan fingerprint density at radius 1 is 1.26 bits per heavy atom. The number of benzene rings is 2. The molecule has 6 nitrogen and oxygen atoms in total. The number of amides is 1. The third kappa shape index (κ3) is 5.90. The molecule has 164 valence electrons. The number of thioether (sulfide) groups is 1. The van der Waals surface area contributed by atoms with E-state index >= 15 is 0 Å². The van der Waals surface area contributed by atoms with Crippen LogP contribution in [0.3, 0.4) is 0 Å². The van der Waals surface area contributed by atoms with Gasteiger partial charge < -0.3 is 14.6 Å². The lowest BCUT2D eigenvalue weighted by Gasteiger charge is -2.17. The Morgan fingerprint density at radius 2 is 2.03 bits per heavy atom. The van der Waals surface area contributed by atoms with Crippen LogP contribution in [-0.4, -0.2) is 26.4 Å². The van der Waals surface area contributed by atoms with Gasteiger partial charge in [-0.15, -0.1) is 10.2 Å². The molecule has 10 heteroatoms. The van der Waals surface area contributed by atoms with Crippen LogP contribution in [0.1, 0.15) is 31.3 Å². The van der Waals surface area contributed by atoms with E-state index in [0.29, 0.717) is 34.0 Å². The van der Waals surface area contributed by atoms with E-state index in [0.717, 1.165) is 5.56 Å². The van der Waals surface area contributed by atoms with Gasteiger partial charge in [0.25, 0.3) is 0 Å². The number of carbonyl (C=O) groups excluding carboxylic acids is 1. The minimum atomic E-state index is -0.539. The van der Waals surface area contributed by atoms with Gasteiger partial charge >= 0.3 is 0 Å². The number of ether oxygens (including phenoxy) is 1. The van der Waals surface area contributed by atoms with Crippen LogP contribution in [0.2, 0.25) is 10.0 Å². The first-order valence-corrected chi connectivity index (χ1v) is 11.3. The van der Waals surface area contributed by atoms with Crippen LogP contribution in [-0.2, 0) is 11.3 Å². The predicted octanol–water partition coefficient (Wildman–Crippen LogP) is 5.92. The highest BCUT2D eigenvalue weighted by atomic mass is 35.5. The average molecular weight is 483 g/mol. The van der Waals surface area contributed by atoms with E-state index in [2.05, 4.69) is 15.5 Å². The molecule has 0 fully saturated rings. The Hall–Kier alpha value is -2.29. The van der Waals surface area contributed by atoms with Gasteiger partial charge in [0.2, 0.25) is 5.91 Å². The summed E-state index contributed by atoms with van der Waals surface area (Å²) in [5.41, 5.74) is 1.35. The zero-order valence-electron chi connectivity index (χ0n) is 17.2. The summed E-state index contributed by atoms with van der Waals surface area (Å²) in [7, 11) is 0. The standard InChI is InChI=1S/C21H21Cl2FN4O2S/c1-4-28-20(13(3)30-18-8-5-14(22)9-12(18)2)26-27-21(28)31-11-19(29)25-15-6-7-17(24)16(23)10-15/h5-10,13H,4,11H2,1-3H3,(H,25,29). The zero-order chi connectivity index (χ0) is 22.5. The number of nitrogens with one attached hydrogen (secondary N) is 1. The van der Waals surface area contributed by atoms with Crippen molar-refractivity contribution in [3.05, 3.63) is 63.6 Å². The average Bonchev–Trinajstić information content (AvgIpc) is 3.14. The summed E-state index contributed by atoms with van der Waals surface area (Å²) in [5, 5.41) is 12.4. The van der Waals surface area contributed by atoms with Gasteiger partial charge in [0.1, 0.15) is 11.6 Å². The van der Waals surface area contributed by atoms with Gasteiger partial charge in [-0.3, -0.25) is 4.79 Å². The molecule has 0 radical (unpaired) electrons. The van der Waals surface area contributed by atoms with E-state index < -0.39 is 5.82 Å². The van der Waals surface area contributed by atoms with Crippen molar-refractivity contribution >= 4 is 46.6 Å². The third-order valence-corrected chi connectivity index (χ3v) is 5.89. The molecule has 0 spiro atoms. The summed E-state index contributed by atoms with van der Waals surface area (Å²) in [6.45, 7) is 6.40. The van der Waals surface area contributed by atoms with Crippen LogP contribution in [0.25, 0.3) is 0 Å². The van der Waals surface area contributed by atoms with Crippen LogP contribution in [0, 0.1) is 12.7 Å². The van der Waals surface area contributed by atoms with Crippen molar-refractivity contribution in [1.29, 1.82) is 0 Å². The molecule has 1 amide bonds. The quantitative estimate of drug-likeness (QED) is 0.403. The molecular formula is C21H21Cl2FN4O2S. The second kappa shape index (κ2) is 10.3. The molecule has 0 aliphatic rings. The Balaban J connectivity index is 1.65. The Labute approximate surface area is 194 Å². The lowest BCUT2D eigenvalue weighted by Crippen LogP contribution is -2.15. The van der Waals surface area contributed by atoms with Crippen molar-refractivity contribution in [2.45, 2.75) is 38.6 Å². The number of halogens is 3. The smallest absolute Gasteiger partial charge is 0.234 e. The molecule has 1 unspecified atom stereocenters. The van der Waals surface area contributed by atoms with Crippen LogP contribution in [0.4, 0.5) is 10.1 Å². The van der Waals surface area contributed by atoms with E-state index in [9.17, 15) is 9.18 Å². The van der Waals surface area contributed by atoms with Crippen molar-refractivity contribution in [2.75, 3.05) is 11.1 Å². The monoisotopic (exact) mass is 482 g/mol. The summed E-state index contributed by atoms with van der Waals surface area (Å²) in [6.07, 6.45) is -0.350. The van der Waals surface area contributed by atoms with Gasteiger partial charge in [0.05, 0.1) is 10.8 Å². The number of rotatable bonds is 8. The van der Waals surface area contributed by atoms with Crippen LogP contribution >= 0.6 is 35.0 Å². The summed E-state index contributed by atoms with van der Waals surface area (Å²) in [6, 6.07) is 9.45. The van der Waals surface area contributed by atoms with E-state index in [1.165, 1.54) is 30.0 Å². The first kappa shape index (κ1) is 23.4. The highest BCUT2D eigenvalue weighted by Crippen LogP contribution is 2.28. The van der Waals surface area contributed by atoms with Gasteiger partial charge in [-0.05, 0) is 62.7 Å². The molecular weight excluding hydrogens is 462 g/mol. The minimum Gasteiger partial charge on any atom is -0.482 e. The first-order chi connectivity index (χ1) is 14.8. The Kier molecular flexibility index (Phi) is 7.80. The number of carbonyl (C=O) groups is 1. The fourth-order valence-corrected chi connectivity index (χ4v) is 4.11. The molecule has 2 aromatic carbocycles. The van der Waals surface area contributed by atoms with Crippen molar-refractivity contribution in [3.8, 4) is 5.75 Å². The maximum Gasteiger partial charge on any atom is 0.234 e. The Morgan fingerprint density at radius 3 is 2.71 bits per heavy atom. The van der Waals surface area contributed by atoms with Crippen molar-refractivity contribution in [3.63, 3.8) is 0 Å². The normalized spacial score (nSPS) is 11.9. The van der Waals surface area contributed by atoms with Gasteiger partial charge in [0, 0.05) is 17.3 Å². The highest BCUT2D eigenvalue weighted by Gasteiger charge is 2.20. The van der Waals surface area contributed by atoms with Crippen LogP contribution < -0.4 is 10.1 Å². The molecule has 3 rings (SSSR count). The molecule has 3 aromatic rings. The van der Waals surface area contributed by atoms with E-state index in [-0.39, 0.29) is 22.8 Å². The maximum absolute atomic E-state index is 13.3. The number of aromatic nitrogens is 3. The Bertz CT molecular complexity index is 1090. The molecule has 0 bridgehead atoms. The summed E-state index contributed by atoms with van der Waals surface area (Å²) in [5.74, 6) is 0.682. The molecule has 1 atom stereocenters. The summed E-state index contributed by atoms with van der Waals surface area (Å²) < 4.78 is 21.2. The molecule has 0 saturated carbocycles. The molecule has 1 N–H and O–H groups in total. The van der Waals surface area contributed by atoms with Crippen molar-refractivity contribution in [2.24, 2.45) is 0 Å². The van der Waals surface area contributed by atoms with E-state index in [1.807, 2.05) is 37.5 Å². The predicted molar refractivity (Wildman–Crippen MR) is 122 cm³/mol. The van der Waals surface area contributed by atoms with Crippen molar-refractivity contribution in [1.82, 2.24) is 14.8 Å². The molecule has 0 aliphatic heterocycles. The second-order valence-electron chi connectivity index (χ2n) is 6.72. The lowest BCUT2D eigenvalue weighted by molar-refractivity contribution is -0.113. The van der Waals surface area contributed by atoms with Gasteiger partial charge in [-0.25, -0.2) is 4.39 Å². The fourth-order valence-electron chi connectivity index (χ4n) is 2.89. The summed E-state index contributed by atoms with van der Waals surface area (Å²) >= 11 is 13.0. The number of hydrogen-bond acceptors (Lipinski definition) is 5. The molecule has 1 heterocycles. The van der Waals surface area contributed by atoms with E-state index in [1.54, 1.807) is 6.07 Å². The maximum atomic E-state index is 13.3. The van der Waals surface area contributed by atoms with Gasteiger partial charge in [-0.2, -0.15) is 0 Å². The lowest BCUT2D eigenvalue weighted by atomic mass is 10.2. The number of anilines is 1. The topological polar surface area (TPSA) is 69.0 Å². The number of nitrogens with zero attached hydrogens (tertiary/aromatic N) is 3. The number of aryl methyl sites for hydroxylation is 1. The second-order valence-corrected chi connectivity index (χ2v) is 8.51. The van der Waals surface area contributed by atoms with Crippen molar-refractivity contribution < 1.29 is 13.9 Å².